The lowest BCUT2D eigenvalue weighted by molar-refractivity contribution is -0.144. The molecule has 2 aromatic rings. The van der Waals surface area contributed by atoms with Gasteiger partial charge in [-0.15, -0.1) is 5.10 Å². The van der Waals surface area contributed by atoms with E-state index in [0.717, 1.165) is 6.42 Å². The second kappa shape index (κ2) is 10.1. The van der Waals surface area contributed by atoms with Gasteiger partial charge in [-0.25, -0.2) is 9.37 Å². The predicted molar refractivity (Wildman–Crippen MR) is 112 cm³/mol. The number of aliphatic carboxylic acids is 1. The summed E-state index contributed by atoms with van der Waals surface area (Å²) in [6, 6.07) is 1.23. The summed E-state index contributed by atoms with van der Waals surface area (Å²) in [5.74, 6) is -1.93. The summed E-state index contributed by atoms with van der Waals surface area (Å²) in [4.78, 5) is 27.8. The number of nitrogens with zero attached hydrogens (tertiary/aromatic N) is 4. The highest BCUT2D eigenvalue weighted by Crippen LogP contribution is 2.32. The number of carbonyl (C=O) groups is 2. The van der Waals surface area contributed by atoms with Gasteiger partial charge in [0.05, 0.1) is 36.4 Å². The zero-order valence-corrected chi connectivity index (χ0v) is 18.8. The Morgan fingerprint density at radius 2 is 2.06 bits per heavy atom. The number of carboxylic acid groups (broad SMARTS) is 1. The summed E-state index contributed by atoms with van der Waals surface area (Å²) < 4.78 is 27.6. The molecule has 0 saturated heterocycles. The van der Waals surface area contributed by atoms with Crippen LogP contribution in [0.1, 0.15) is 50.9 Å². The molecule has 0 bridgehead atoms. The minimum atomic E-state index is -0.836. The van der Waals surface area contributed by atoms with E-state index < -0.39 is 23.7 Å². The largest absolute Gasteiger partial charge is 0.488 e. The Kier molecular flexibility index (Phi) is 7.42. The molecule has 0 aliphatic heterocycles. The van der Waals surface area contributed by atoms with E-state index in [1.165, 1.54) is 10.7 Å². The van der Waals surface area contributed by atoms with Crippen LogP contribution in [0.4, 0.5) is 4.39 Å². The summed E-state index contributed by atoms with van der Waals surface area (Å²) in [5.41, 5.74) is 0.985. The maximum atomic E-state index is 15.0. The number of aromatic nitrogens is 4. The number of aryl methyl sites for hydroxylation is 2. The van der Waals surface area contributed by atoms with Gasteiger partial charge in [-0.05, 0) is 38.5 Å². The van der Waals surface area contributed by atoms with E-state index in [1.54, 1.807) is 14.0 Å². The van der Waals surface area contributed by atoms with E-state index in [-0.39, 0.29) is 35.6 Å². The molecule has 1 N–H and O–H groups in total. The first-order chi connectivity index (χ1) is 15.2. The Hall–Kier alpha value is -3.04. The molecule has 9 nitrogen and oxygen atoms in total. The minimum absolute atomic E-state index is 0.0262. The van der Waals surface area contributed by atoms with Gasteiger partial charge in [-0.2, -0.15) is 0 Å². The maximum Gasteiger partial charge on any atom is 0.311 e. The van der Waals surface area contributed by atoms with Crippen LogP contribution >= 0.6 is 0 Å². The number of esters is 1. The van der Waals surface area contributed by atoms with E-state index in [4.69, 9.17) is 9.47 Å². The van der Waals surface area contributed by atoms with Crippen molar-refractivity contribution >= 4 is 11.9 Å². The Balaban J connectivity index is 1.80. The van der Waals surface area contributed by atoms with Crippen LogP contribution in [0.2, 0.25) is 0 Å². The molecular weight excluding hydrogens is 419 g/mol. The van der Waals surface area contributed by atoms with E-state index in [2.05, 4.69) is 15.3 Å². The third-order valence-corrected chi connectivity index (χ3v) is 5.45. The Morgan fingerprint density at radius 3 is 2.75 bits per heavy atom. The molecule has 2 atom stereocenters. The van der Waals surface area contributed by atoms with E-state index >= 15 is 4.39 Å². The first-order valence-electron chi connectivity index (χ1n) is 10.8. The molecule has 2 aromatic heterocycles. The van der Waals surface area contributed by atoms with Crippen LogP contribution in [0, 0.1) is 24.6 Å². The van der Waals surface area contributed by atoms with Gasteiger partial charge in [0.15, 0.2) is 5.82 Å². The van der Waals surface area contributed by atoms with Crippen molar-refractivity contribution in [2.75, 3.05) is 6.61 Å². The fourth-order valence-electron chi connectivity index (χ4n) is 3.71. The number of hydrogen-bond donors (Lipinski definition) is 1. The average Bonchev–Trinajstić information content (AvgIpc) is 3.09. The van der Waals surface area contributed by atoms with Gasteiger partial charge >= 0.3 is 11.9 Å². The molecule has 0 aromatic carbocycles. The van der Waals surface area contributed by atoms with Gasteiger partial charge in [-0.3, -0.25) is 14.3 Å². The van der Waals surface area contributed by atoms with Crippen molar-refractivity contribution in [2.24, 2.45) is 18.9 Å². The Bertz CT molecular complexity index is 991. The van der Waals surface area contributed by atoms with Crippen molar-refractivity contribution < 1.29 is 28.6 Å². The van der Waals surface area contributed by atoms with Crippen LogP contribution in [0.5, 0.6) is 5.75 Å². The second-order valence-corrected chi connectivity index (χ2v) is 8.61. The molecule has 174 valence electrons. The lowest BCUT2D eigenvalue weighted by atomic mass is 9.87. The fourth-order valence-corrected chi connectivity index (χ4v) is 3.71. The number of hydrogen-bond acceptors (Lipinski definition) is 7. The molecular formula is C22H29FN4O5. The first kappa shape index (κ1) is 23.6. The molecule has 32 heavy (non-hydrogen) atoms. The molecule has 1 aliphatic carbocycles. The lowest BCUT2D eigenvalue weighted by Gasteiger charge is -2.27. The van der Waals surface area contributed by atoms with Gasteiger partial charge < -0.3 is 14.6 Å². The molecule has 10 heteroatoms. The predicted octanol–water partition coefficient (Wildman–Crippen LogP) is 3.09. The molecule has 2 heterocycles. The van der Waals surface area contributed by atoms with Gasteiger partial charge in [0.2, 0.25) is 0 Å². The summed E-state index contributed by atoms with van der Waals surface area (Å²) in [6.07, 6.45) is 2.03. The van der Waals surface area contributed by atoms with Gasteiger partial charge in [-0.1, -0.05) is 19.1 Å². The highest BCUT2D eigenvalue weighted by Gasteiger charge is 2.29. The molecule has 1 saturated carbocycles. The standard InChI is InChI=1S/C22H29FN4O5/c1-12(2)11-31-19(28)10-17-21(25-26-27(17)4)20-16(23)9-18(13(3)24-20)32-15-7-5-6-14(8-15)22(29)30/h9,12,14-15H,5-8,10-11H2,1-4H3,(H,29,30)/t14-,15-/m0/s1. The number of pyridine rings is 1. The van der Waals surface area contributed by atoms with Gasteiger partial charge in [0.25, 0.3) is 0 Å². The van der Waals surface area contributed by atoms with Crippen molar-refractivity contribution in [3.8, 4) is 17.1 Å². The highest BCUT2D eigenvalue weighted by molar-refractivity contribution is 5.75. The molecule has 0 spiro atoms. The van der Waals surface area contributed by atoms with Crippen molar-refractivity contribution in [1.82, 2.24) is 20.0 Å². The quantitative estimate of drug-likeness (QED) is 0.613. The van der Waals surface area contributed by atoms with Crippen molar-refractivity contribution in [1.29, 1.82) is 0 Å². The topological polar surface area (TPSA) is 116 Å². The summed E-state index contributed by atoms with van der Waals surface area (Å²) in [5, 5.41) is 17.2. The number of carboxylic acids is 1. The van der Waals surface area contributed by atoms with Crippen LogP contribution in [0.15, 0.2) is 6.07 Å². The molecule has 0 radical (unpaired) electrons. The summed E-state index contributed by atoms with van der Waals surface area (Å²) >= 11 is 0. The number of ether oxygens (including phenoxy) is 2. The lowest BCUT2D eigenvalue weighted by Crippen LogP contribution is -2.29. The van der Waals surface area contributed by atoms with E-state index in [9.17, 15) is 14.7 Å². The zero-order chi connectivity index (χ0) is 23.4. The van der Waals surface area contributed by atoms with Gasteiger partial charge in [0.1, 0.15) is 17.1 Å². The second-order valence-electron chi connectivity index (χ2n) is 8.61. The number of carbonyl (C=O) groups excluding carboxylic acids is 1. The average molecular weight is 448 g/mol. The fraction of sp³-hybridized carbons (Fsp3) is 0.591. The number of halogens is 1. The van der Waals surface area contributed by atoms with E-state index in [0.29, 0.717) is 37.3 Å². The minimum Gasteiger partial charge on any atom is -0.488 e. The van der Waals surface area contributed by atoms with Crippen LogP contribution in [0.3, 0.4) is 0 Å². The van der Waals surface area contributed by atoms with Crippen LogP contribution in [0.25, 0.3) is 11.4 Å². The zero-order valence-electron chi connectivity index (χ0n) is 18.8. The monoisotopic (exact) mass is 448 g/mol. The Morgan fingerprint density at radius 1 is 1.31 bits per heavy atom. The van der Waals surface area contributed by atoms with Crippen LogP contribution in [-0.2, 0) is 27.8 Å². The van der Waals surface area contributed by atoms with Crippen LogP contribution in [-0.4, -0.2) is 49.7 Å². The van der Waals surface area contributed by atoms with Gasteiger partial charge in [0, 0.05) is 13.1 Å². The summed E-state index contributed by atoms with van der Waals surface area (Å²) in [6.45, 7) is 5.85. The molecule has 1 aliphatic rings. The molecule has 3 rings (SSSR count). The third kappa shape index (κ3) is 5.60. The van der Waals surface area contributed by atoms with Crippen molar-refractivity contribution in [3.63, 3.8) is 0 Å². The highest BCUT2D eigenvalue weighted by atomic mass is 19.1. The van der Waals surface area contributed by atoms with Crippen molar-refractivity contribution in [3.05, 3.63) is 23.3 Å². The van der Waals surface area contributed by atoms with Crippen molar-refractivity contribution in [2.45, 2.75) is 59.0 Å². The first-order valence-corrected chi connectivity index (χ1v) is 10.8. The Labute approximate surface area is 185 Å². The normalized spacial score (nSPS) is 18.6. The summed E-state index contributed by atoms with van der Waals surface area (Å²) in [7, 11) is 1.62. The maximum absolute atomic E-state index is 15.0. The smallest absolute Gasteiger partial charge is 0.311 e. The SMILES string of the molecule is Cc1nc(-c2nnn(C)c2CC(=O)OCC(C)C)c(F)cc1O[C@H]1CCC[C@H](C(=O)O)C1. The number of rotatable bonds is 8. The van der Waals surface area contributed by atoms with E-state index in [1.807, 2.05) is 13.8 Å². The molecule has 1 fully saturated rings. The molecule has 0 amide bonds. The third-order valence-electron chi connectivity index (χ3n) is 5.45. The van der Waals surface area contributed by atoms with Crippen LogP contribution < -0.4 is 4.74 Å². The molecule has 0 unspecified atom stereocenters.